The first kappa shape index (κ1) is 16.2. The fourth-order valence-corrected chi connectivity index (χ4v) is 3.50. The Balaban J connectivity index is 0.00000156. The molecule has 4 rings (SSSR count). The lowest BCUT2D eigenvalue weighted by Gasteiger charge is -2.34. The third kappa shape index (κ3) is 2.69. The van der Waals surface area contributed by atoms with Crippen molar-refractivity contribution in [2.75, 3.05) is 0 Å². The van der Waals surface area contributed by atoms with E-state index in [1.165, 1.54) is 11.3 Å². The lowest BCUT2D eigenvalue weighted by Crippen LogP contribution is -2.44. The minimum Gasteiger partial charge on any atom is -0.459 e. The van der Waals surface area contributed by atoms with Crippen molar-refractivity contribution in [3.05, 3.63) is 29.4 Å². The number of nitrogens with two attached hydrogens (primary N) is 1. The Labute approximate surface area is 143 Å². The number of aryl methyl sites for hydroxylation is 2. The second-order valence-corrected chi connectivity index (χ2v) is 6.78. The molecule has 0 amide bonds. The highest BCUT2D eigenvalue weighted by Crippen LogP contribution is 2.39. The number of halogens is 1. The molecule has 0 atom stereocenters. The summed E-state index contributed by atoms with van der Waals surface area (Å²) in [6.45, 7) is 3.84. The average Bonchev–Trinajstić information content (AvgIpc) is 3.15. The molecule has 0 spiro atoms. The van der Waals surface area contributed by atoms with Crippen molar-refractivity contribution < 1.29 is 8.94 Å². The van der Waals surface area contributed by atoms with Crippen LogP contribution in [0.3, 0.4) is 0 Å². The smallest absolute Gasteiger partial charge is 0.270 e. The van der Waals surface area contributed by atoms with Crippen LogP contribution in [0.15, 0.2) is 21.1 Å². The maximum absolute atomic E-state index is 6.24. The Morgan fingerprint density at radius 2 is 2.00 bits per heavy atom. The van der Waals surface area contributed by atoms with Crippen LogP contribution in [0.5, 0.6) is 0 Å². The summed E-state index contributed by atoms with van der Waals surface area (Å²) in [6.07, 6.45) is 2.93. The van der Waals surface area contributed by atoms with Gasteiger partial charge in [0.2, 0.25) is 0 Å². The largest absolute Gasteiger partial charge is 0.459 e. The van der Waals surface area contributed by atoms with Crippen LogP contribution in [0.2, 0.25) is 0 Å². The molecule has 0 aliphatic heterocycles. The normalized spacial score (nSPS) is 16.0. The topological polar surface area (TPSA) is 91.0 Å². The van der Waals surface area contributed by atoms with Crippen molar-refractivity contribution in [2.45, 2.75) is 38.6 Å². The van der Waals surface area contributed by atoms with Crippen LogP contribution in [0.25, 0.3) is 21.5 Å². The maximum Gasteiger partial charge on any atom is 0.270 e. The minimum atomic E-state index is -0.415. The second-order valence-electron chi connectivity index (χ2n) is 5.78. The van der Waals surface area contributed by atoms with E-state index in [1.807, 2.05) is 26.0 Å². The third-order valence-corrected chi connectivity index (χ3v) is 5.22. The molecule has 1 fully saturated rings. The van der Waals surface area contributed by atoms with Crippen LogP contribution in [0.1, 0.15) is 36.5 Å². The molecule has 0 radical (unpaired) electrons. The zero-order chi connectivity index (χ0) is 15.3. The minimum absolute atomic E-state index is 0. The van der Waals surface area contributed by atoms with E-state index in [9.17, 15) is 0 Å². The highest BCUT2D eigenvalue weighted by atomic mass is 35.5. The van der Waals surface area contributed by atoms with E-state index in [0.717, 1.165) is 46.4 Å². The Bertz CT molecular complexity index is 834. The molecule has 3 heterocycles. The Kier molecular flexibility index (Phi) is 4.03. The predicted molar refractivity (Wildman–Crippen MR) is 89.5 cm³/mol. The monoisotopic (exact) mass is 352 g/mol. The van der Waals surface area contributed by atoms with Gasteiger partial charge in [-0.3, -0.25) is 0 Å². The molecule has 3 aromatic rings. The van der Waals surface area contributed by atoms with Crippen LogP contribution in [0, 0.1) is 13.8 Å². The summed E-state index contributed by atoms with van der Waals surface area (Å²) in [4.78, 5) is 9.89. The lowest BCUT2D eigenvalue weighted by atomic mass is 9.77. The van der Waals surface area contributed by atoms with E-state index in [-0.39, 0.29) is 12.4 Å². The fourth-order valence-electron chi connectivity index (χ4n) is 2.55. The summed E-state index contributed by atoms with van der Waals surface area (Å²) in [5.74, 6) is 2.69. The molecule has 0 bridgehead atoms. The summed E-state index contributed by atoms with van der Waals surface area (Å²) in [6, 6.07) is 3.84. The van der Waals surface area contributed by atoms with E-state index in [4.69, 9.17) is 14.7 Å². The molecule has 23 heavy (non-hydrogen) atoms. The molecular weight excluding hydrogens is 336 g/mol. The van der Waals surface area contributed by atoms with Crippen LogP contribution in [-0.2, 0) is 5.54 Å². The van der Waals surface area contributed by atoms with Gasteiger partial charge in [0.05, 0.1) is 11.2 Å². The van der Waals surface area contributed by atoms with Crippen LogP contribution >= 0.6 is 23.7 Å². The Morgan fingerprint density at radius 3 is 2.61 bits per heavy atom. The molecule has 1 aliphatic rings. The molecule has 0 saturated heterocycles. The van der Waals surface area contributed by atoms with Gasteiger partial charge in [0.15, 0.2) is 16.6 Å². The number of aromatic nitrogens is 3. The zero-order valence-corrected chi connectivity index (χ0v) is 14.5. The van der Waals surface area contributed by atoms with Crippen molar-refractivity contribution in [2.24, 2.45) is 5.73 Å². The summed E-state index contributed by atoms with van der Waals surface area (Å²) in [7, 11) is 0. The van der Waals surface area contributed by atoms with Gasteiger partial charge in [-0.1, -0.05) is 5.16 Å². The Morgan fingerprint density at radius 1 is 1.22 bits per heavy atom. The summed E-state index contributed by atoms with van der Waals surface area (Å²) in [5, 5.41) is 4.87. The molecule has 1 saturated carbocycles. The lowest BCUT2D eigenvalue weighted by molar-refractivity contribution is 0.229. The van der Waals surface area contributed by atoms with Crippen molar-refractivity contribution in [3.63, 3.8) is 0 Å². The second kappa shape index (κ2) is 5.74. The van der Waals surface area contributed by atoms with Gasteiger partial charge < -0.3 is 14.7 Å². The van der Waals surface area contributed by atoms with Gasteiger partial charge in [-0.25, -0.2) is 4.98 Å². The fraction of sp³-hybridized carbons (Fsp3) is 0.400. The van der Waals surface area contributed by atoms with Gasteiger partial charge in [0.1, 0.15) is 10.6 Å². The molecule has 6 nitrogen and oxygen atoms in total. The number of nitrogens with zero attached hydrogens (tertiary/aromatic N) is 3. The van der Waals surface area contributed by atoms with Gasteiger partial charge in [-0.15, -0.1) is 23.7 Å². The average molecular weight is 353 g/mol. The van der Waals surface area contributed by atoms with E-state index >= 15 is 0 Å². The van der Waals surface area contributed by atoms with E-state index < -0.39 is 5.54 Å². The van der Waals surface area contributed by atoms with Crippen molar-refractivity contribution >= 4 is 23.7 Å². The van der Waals surface area contributed by atoms with Gasteiger partial charge >= 0.3 is 0 Å². The zero-order valence-electron chi connectivity index (χ0n) is 12.8. The number of hydrogen-bond acceptors (Lipinski definition) is 7. The number of thiazole rings is 1. The molecule has 2 N–H and O–H groups in total. The van der Waals surface area contributed by atoms with Crippen molar-refractivity contribution in [3.8, 4) is 21.5 Å². The number of hydrogen-bond donors (Lipinski definition) is 1. The molecular formula is C15H17ClN4O2S. The van der Waals surface area contributed by atoms with E-state index in [1.54, 1.807) is 0 Å². The van der Waals surface area contributed by atoms with Gasteiger partial charge in [0, 0.05) is 0 Å². The van der Waals surface area contributed by atoms with Crippen LogP contribution in [-0.4, -0.2) is 15.1 Å². The molecule has 8 heteroatoms. The summed E-state index contributed by atoms with van der Waals surface area (Å²) < 4.78 is 11.0. The quantitative estimate of drug-likeness (QED) is 0.770. The first-order valence-corrected chi connectivity index (χ1v) is 8.04. The molecule has 0 aromatic carbocycles. The maximum atomic E-state index is 6.24. The SMILES string of the molecule is Cc1ccc(-c2nc(C)c(-c3nc(C4(N)CCC4)no3)s2)o1.Cl. The predicted octanol–water partition coefficient (Wildman–Crippen LogP) is 3.83. The molecule has 1 aliphatic carbocycles. The summed E-state index contributed by atoms with van der Waals surface area (Å²) in [5.41, 5.74) is 6.68. The molecule has 0 unspecified atom stereocenters. The Hall–Kier alpha value is -1.70. The van der Waals surface area contributed by atoms with Gasteiger partial charge in [-0.05, 0) is 45.2 Å². The highest BCUT2D eigenvalue weighted by molar-refractivity contribution is 7.18. The van der Waals surface area contributed by atoms with Gasteiger partial charge in [-0.2, -0.15) is 4.98 Å². The van der Waals surface area contributed by atoms with Gasteiger partial charge in [0.25, 0.3) is 5.89 Å². The van der Waals surface area contributed by atoms with E-state index in [0.29, 0.717) is 11.7 Å². The highest BCUT2D eigenvalue weighted by Gasteiger charge is 2.39. The van der Waals surface area contributed by atoms with Crippen molar-refractivity contribution in [1.82, 2.24) is 15.1 Å². The first-order chi connectivity index (χ1) is 10.5. The molecule has 3 aromatic heterocycles. The van der Waals surface area contributed by atoms with E-state index in [2.05, 4.69) is 15.1 Å². The molecule has 122 valence electrons. The first-order valence-electron chi connectivity index (χ1n) is 7.23. The summed E-state index contributed by atoms with van der Waals surface area (Å²) >= 11 is 1.49. The van der Waals surface area contributed by atoms with Crippen LogP contribution in [0.4, 0.5) is 0 Å². The van der Waals surface area contributed by atoms with Crippen molar-refractivity contribution in [1.29, 1.82) is 0 Å². The number of furan rings is 1. The number of rotatable bonds is 3. The third-order valence-electron chi connectivity index (χ3n) is 4.06. The van der Waals surface area contributed by atoms with Crippen LogP contribution < -0.4 is 5.73 Å². The standard InChI is InChI=1S/C15H16N4O2S.ClH/c1-8-4-5-10(20-8)13-17-9(2)11(22-13)12-18-14(19-21-12)15(16)6-3-7-15;/h4-5H,3,6-7,16H2,1-2H3;1H.